The normalized spacial score (nSPS) is 15.6. The summed E-state index contributed by atoms with van der Waals surface area (Å²) in [6.45, 7) is 2.84. The third kappa shape index (κ3) is 5.15. The number of thiocarbonyl (C=S) groups is 1. The molecule has 0 atom stereocenters. The van der Waals surface area contributed by atoms with Crippen molar-refractivity contribution in [2.24, 2.45) is 0 Å². The predicted octanol–water partition coefficient (Wildman–Crippen LogP) is 7.00. The number of thioether (sulfide) groups is 1. The first kappa shape index (κ1) is 22.6. The number of hydrogen-bond donors (Lipinski definition) is 0. The van der Waals surface area contributed by atoms with Crippen LogP contribution in [0.3, 0.4) is 0 Å². The van der Waals surface area contributed by atoms with Crippen molar-refractivity contribution < 1.29 is 9.53 Å². The second-order valence-corrected chi connectivity index (χ2v) is 10.6. The highest BCUT2D eigenvalue weighted by Gasteiger charge is 2.30. The van der Waals surface area contributed by atoms with Gasteiger partial charge in [0.2, 0.25) is 0 Å². The molecular weight excluding hydrogens is 663 g/mol. The van der Waals surface area contributed by atoms with E-state index in [0.29, 0.717) is 32.4 Å². The van der Waals surface area contributed by atoms with Gasteiger partial charge in [0, 0.05) is 22.2 Å². The molecule has 1 aliphatic rings. The highest BCUT2D eigenvalue weighted by Crippen LogP contribution is 2.35. The van der Waals surface area contributed by atoms with Crippen LogP contribution in [0.1, 0.15) is 18.1 Å². The monoisotopic (exact) mass is 675 g/mol. The lowest BCUT2D eigenvalue weighted by Gasteiger charge is -2.13. The Morgan fingerprint density at radius 3 is 2.46 bits per heavy atom. The Kier molecular flexibility index (Phi) is 7.93. The number of carbonyl (C=O) groups is 1. The van der Waals surface area contributed by atoms with Gasteiger partial charge in [-0.1, -0.05) is 53.2 Å². The van der Waals surface area contributed by atoms with E-state index in [2.05, 4.69) is 45.2 Å². The summed E-state index contributed by atoms with van der Waals surface area (Å²) in [4.78, 5) is 14.6. The van der Waals surface area contributed by atoms with Crippen LogP contribution >= 0.6 is 92.4 Å². The minimum absolute atomic E-state index is 0.0415. The molecule has 9 heteroatoms. The summed E-state index contributed by atoms with van der Waals surface area (Å²) in [5.41, 5.74) is 1.80. The number of amides is 1. The lowest BCUT2D eigenvalue weighted by molar-refractivity contribution is -0.121. The molecule has 28 heavy (non-hydrogen) atoms. The van der Waals surface area contributed by atoms with E-state index < -0.39 is 0 Å². The first-order chi connectivity index (χ1) is 13.3. The van der Waals surface area contributed by atoms with Gasteiger partial charge in [0.05, 0.1) is 12.0 Å². The lowest BCUT2D eigenvalue weighted by Crippen LogP contribution is -2.27. The van der Waals surface area contributed by atoms with Crippen molar-refractivity contribution in [3.63, 3.8) is 0 Å². The number of rotatable bonds is 5. The molecule has 1 amide bonds. The largest absolute Gasteiger partial charge is 0.487 e. The molecule has 0 aromatic heterocycles. The van der Waals surface area contributed by atoms with Gasteiger partial charge in [0.1, 0.15) is 16.7 Å². The minimum atomic E-state index is -0.0415. The molecule has 0 radical (unpaired) electrons. The van der Waals surface area contributed by atoms with Crippen LogP contribution in [0.15, 0.2) is 35.2 Å². The molecule has 1 saturated heterocycles. The van der Waals surface area contributed by atoms with E-state index in [0.717, 1.165) is 24.0 Å². The number of nitrogens with zero attached hydrogens (tertiary/aromatic N) is 1. The van der Waals surface area contributed by atoms with Crippen molar-refractivity contribution in [2.75, 3.05) is 6.54 Å². The van der Waals surface area contributed by atoms with Gasteiger partial charge in [-0.05, 0) is 88.0 Å². The maximum absolute atomic E-state index is 12.4. The zero-order valence-corrected chi connectivity index (χ0v) is 21.9. The molecule has 0 unspecified atom stereocenters. The fourth-order valence-corrected chi connectivity index (χ4v) is 6.49. The zero-order valence-electron chi connectivity index (χ0n) is 14.5. The first-order valence-electron chi connectivity index (χ1n) is 8.11. The SMILES string of the molecule is CCN1C(=O)/C(=C/c2cc(I)c(OCc3ccc(Cl)cc3Cl)c(I)c2)SC1=S. The number of benzene rings is 2. The highest BCUT2D eigenvalue weighted by molar-refractivity contribution is 14.1. The molecule has 0 spiro atoms. The number of carbonyl (C=O) groups excluding carboxylic acids is 1. The van der Waals surface area contributed by atoms with Crippen LogP contribution in [0, 0.1) is 7.14 Å². The van der Waals surface area contributed by atoms with E-state index in [1.165, 1.54) is 11.8 Å². The van der Waals surface area contributed by atoms with Gasteiger partial charge in [-0.2, -0.15) is 0 Å². The van der Waals surface area contributed by atoms with Crippen LogP contribution in [0.2, 0.25) is 10.0 Å². The quantitative estimate of drug-likeness (QED) is 0.194. The Labute approximate surface area is 210 Å². The molecule has 1 aliphatic heterocycles. The molecule has 1 fully saturated rings. The average molecular weight is 676 g/mol. The van der Waals surface area contributed by atoms with E-state index in [4.69, 9.17) is 40.2 Å². The highest BCUT2D eigenvalue weighted by atomic mass is 127. The fraction of sp³-hybridized carbons (Fsp3) is 0.158. The van der Waals surface area contributed by atoms with E-state index in [-0.39, 0.29) is 5.91 Å². The summed E-state index contributed by atoms with van der Waals surface area (Å²) < 4.78 is 8.51. The number of likely N-dealkylation sites (N-methyl/N-ethyl adjacent to an activating group) is 1. The Morgan fingerprint density at radius 2 is 1.89 bits per heavy atom. The summed E-state index contributed by atoms with van der Waals surface area (Å²) in [6, 6.07) is 9.32. The molecule has 2 aromatic carbocycles. The second-order valence-electron chi connectivity index (χ2n) is 5.76. The van der Waals surface area contributed by atoms with Gasteiger partial charge >= 0.3 is 0 Å². The van der Waals surface area contributed by atoms with Crippen molar-refractivity contribution in [3.8, 4) is 5.75 Å². The van der Waals surface area contributed by atoms with E-state index in [1.54, 1.807) is 17.0 Å². The van der Waals surface area contributed by atoms with Gasteiger partial charge in [0.15, 0.2) is 0 Å². The Morgan fingerprint density at radius 1 is 1.21 bits per heavy atom. The summed E-state index contributed by atoms with van der Waals surface area (Å²) >= 11 is 23.2. The molecule has 0 aliphatic carbocycles. The van der Waals surface area contributed by atoms with E-state index in [1.807, 2.05) is 31.2 Å². The third-order valence-corrected chi connectivity index (χ3v) is 7.46. The van der Waals surface area contributed by atoms with Crippen molar-refractivity contribution in [2.45, 2.75) is 13.5 Å². The summed E-state index contributed by atoms with van der Waals surface area (Å²) in [5, 5.41) is 1.17. The Bertz CT molecular complexity index is 975. The summed E-state index contributed by atoms with van der Waals surface area (Å²) in [5.74, 6) is 0.741. The van der Waals surface area contributed by atoms with Crippen molar-refractivity contribution >= 4 is 109 Å². The Hall–Kier alpha value is -0.0700. The molecule has 3 rings (SSSR count). The van der Waals surface area contributed by atoms with Crippen LogP contribution in [0.4, 0.5) is 0 Å². The maximum Gasteiger partial charge on any atom is 0.266 e. The van der Waals surface area contributed by atoms with Crippen LogP contribution in [-0.4, -0.2) is 21.7 Å². The molecule has 2 aromatic rings. The topological polar surface area (TPSA) is 29.5 Å². The molecule has 3 nitrogen and oxygen atoms in total. The van der Waals surface area contributed by atoms with E-state index in [9.17, 15) is 4.79 Å². The zero-order chi connectivity index (χ0) is 20.4. The van der Waals surface area contributed by atoms with Gasteiger partial charge < -0.3 is 4.74 Å². The van der Waals surface area contributed by atoms with Gasteiger partial charge in [-0.3, -0.25) is 9.69 Å². The molecule has 0 saturated carbocycles. The number of halogens is 4. The van der Waals surface area contributed by atoms with Gasteiger partial charge in [-0.25, -0.2) is 0 Å². The first-order valence-corrected chi connectivity index (χ1v) is 12.2. The average Bonchev–Trinajstić information content (AvgIpc) is 2.88. The third-order valence-electron chi connectivity index (χ3n) is 3.90. The molecule has 1 heterocycles. The van der Waals surface area contributed by atoms with E-state index >= 15 is 0 Å². The molecular formula is C19H13Cl2I2NO2S2. The lowest BCUT2D eigenvalue weighted by atomic mass is 10.2. The van der Waals surface area contributed by atoms with Crippen LogP contribution in [0.25, 0.3) is 6.08 Å². The van der Waals surface area contributed by atoms with Crippen molar-refractivity contribution in [3.05, 3.63) is 63.5 Å². The van der Waals surface area contributed by atoms with Crippen molar-refractivity contribution in [1.82, 2.24) is 4.90 Å². The minimum Gasteiger partial charge on any atom is -0.487 e. The summed E-state index contributed by atoms with van der Waals surface area (Å²) in [7, 11) is 0. The Balaban J connectivity index is 1.80. The standard InChI is InChI=1S/C19H13Cl2I2NO2S2/c1-2-24-18(25)16(28-19(24)27)7-10-5-14(22)17(15(23)6-10)26-9-11-3-4-12(20)8-13(11)21/h3-8H,2,9H2,1H3/b16-7-. The fourth-order valence-electron chi connectivity index (χ4n) is 2.51. The molecule has 0 N–H and O–H groups in total. The van der Waals surface area contributed by atoms with Gasteiger partial charge in [0.25, 0.3) is 5.91 Å². The second kappa shape index (κ2) is 9.82. The molecule has 0 bridgehead atoms. The predicted molar refractivity (Wildman–Crippen MR) is 138 cm³/mol. The number of ether oxygens (including phenoxy) is 1. The summed E-state index contributed by atoms with van der Waals surface area (Å²) in [6.07, 6.45) is 1.87. The van der Waals surface area contributed by atoms with Crippen LogP contribution in [0.5, 0.6) is 5.75 Å². The van der Waals surface area contributed by atoms with Crippen molar-refractivity contribution in [1.29, 1.82) is 0 Å². The number of hydrogen-bond acceptors (Lipinski definition) is 4. The van der Waals surface area contributed by atoms with Crippen LogP contribution in [-0.2, 0) is 11.4 Å². The van der Waals surface area contributed by atoms with Crippen LogP contribution < -0.4 is 4.74 Å². The molecule has 146 valence electrons. The van der Waals surface area contributed by atoms with Gasteiger partial charge in [-0.15, -0.1) is 0 Å². The smallest absolute Gasteiger partial charge is 0.266 e. The maximum atomic E-state index is 12.4.